The number of imidazole rings is 1. The van der Waals surface area contributed by atoms with E-state index < -0.39 is 0 Å². The molecule has 0 bridgehead atoms. The monoisotopic (exact) mass is 944 g/mol. The van der Waals surface area contributed by atoms with Crippen molar-refractivity contribution < 1.29 is 26.2 Å². The summed E-state index contributed by atoms with van der Waals surface area (Å²) in [7, 11) is 1.99. The maximum Gasteiger partial charge on any atom is 0.143 e. The van der Waals surface area contributed by atoms with E-state index in [0.29, 0.717) is 11.4 Å². The van der Waals surface area contributed by atoms with Gasteiger partial charge in [-0.25, -0.2) is 4.98 Å². The van der Waals surface area contributed by atoms with Crippen LogP contribution in [0.25, 0.3) is 72.5 Å². The maximum atomic E-state index is 10.7. The summed E-state index contributed by atoms with van der Waals surface area (Å²) in [6, 6.07) is 42.1. The number of nitrogens with zero attached hydrogens (tertiary/aromatic N) is 4. The Morgan fingerprint density at radius 1 is 0.621 bits per heavy atom. The van der Waals surface area contributed by atoms with Gasteiger partial charge in [0.1, 0.15) is 11.6 Å². The van der Waals surface area contributed by atoms with Crippen LogP contribution in [0.4, 0.5) is 0 Å². The van der Waals surface area contributed by atoms with Crippen molar-refractivity contribution in [1.29, 1.82) is 0 Å². The van der Waals surface area contributed by atoms with Crippen LogP contribution in [0.1, 0.15) is 84.7 Å². The third kappa shape index (κ3) is 7.46. The smallest absolute Gasteiger partial charge is 0.143 e. The van der Waals surface area contributed by atoms with Crippen LogP contribution < -0.4 is 0 Å². The third-order valence-corrected chi connectivity index (χ3v) is 11.3. The molecular weight excluding hydrogens is 892 g/mol. The number of rotatable bonds is 5. The predicted molar refractivity (Wildman–Crippen MR) is 238 cm³/mol. The Morgan fingerprint density at radius 2 is 1.24 bits per heavy atom. The van der Waals surface area contributed by atoms with Gasteiger partial charge in [-0.05, 0) is 100 Å². The Labute approximate surface area is 358 Å². The predicted octanol–water partition coefficient (Wildman–Crippen LogP) is 13.3. The van der Waals surface area contributed by atoms with Crippen LogP contribution in [-0.4, -0.2) is 24.2 Å². The van der Waals surface area contributed by atoms with E-state index in [-0.39, 0.29) is 43.1 Å². The quantitative estimate of drug-likeness (QED) is 0.175. The molecule has 0 fully saturated rings. The van der Waals surface area contributed by atoms with E-state index in [0.717, 1.165) is 39.0 Å². The first kappa shape index (κ1) is 40.9. The Kier molecular flexibility index (Phi) is 10.5. The molecule has 0 aliphatic carbocycles. The first-order chi connectivity index (χ1) is 26.9. The molecule has 298 valence electrons. The number of aromatic hydroxyl groups is 1. The normalized spacial score (nSPS) is 12.3. The number of aromatic nitrogens is 4. The minimum absolute atomic E-state index is 0. The zero-order chi connectivity index (χ0) is 40.6. The van der Waals surface area contributed by atoms with Crippen LogP contribution in [-0.2, 0) is 44.4 Å². The van der Waals surface area contributed by atoms with E-state index in [1.54, 1.807) is 6.07 Å². The van der Waals surface area contributed by atoms with Gasteiger partial charge in [0.15, 0.2) is 0 Å². The number of benzene rings is 5. The standard InChI is InChI=1S/C52H53N4O.Pt/c1-32-24-36-26-37(50(2,3)4)31-43(48(36)56(32)40-29-38(51(5,6)7)28-39(30-40)52(8,9)10)34-22-23-53-44(27-34)35-17-14-16-33(25-35)41-19-15-20-45-47(41)54-49(55(45)11)42-18-12-13-21-46(42)57;/h12-24,26-31,57H,1-11H3;/q-1;. The van der Waals surface area contributed by atoms with Crippen molar-refractivity contribution in [3.8, 4) is 56.3 Å². The zero-order valence-electron chi connectivity index (χ0n) is 35.5. The molecule has 0 amide bonds. The summed E-state index contributed by atoms with van der Waals surface area (Å²) < 4.78 is 4.50. The van der Waals surface area contributed by atoms with E-state index in [4.69, 9.17) is 9.97 Å². The number of para-hydroxylation sites is 2. The van der Waals surface area contributed by atoms with Crippen molar-refractivity contribution in [3.05, 3.63) is 144 Å². The van der Waals surface area contributed by atoms with E-state index in [1.165, 1.54) is 44.5 Å². The minimum Gasteiger partial charge on any atom is -0.507 e. The van der Waals surface area contributed by atoms with Crippen molar-refractivity contribution in [2.24, 2.45) is 7.05 Å². The van der Waals surface area contributed by atoms with Crippen molar-refractivity contribution >= 4 is 21.9 Å². The maximum absolute atomic E-state index is 10.7. The molecule has 8 aromatic rings. The number of aryl methyl sites for hydroxylation is 2. The fourth-order valence-corrected chi connectivity index (χ4v) is 7.93. The Morgan fingerprint density at radius 3 is 1.91 bits per heavy atom. The Bertz CT molecular complexity index is 2810. The first-order valence-electron chi connectivity index (χ1n) is 19.9. The summed E-state index contributed by atoms with van der Waals surface area (Å²) in [6.07, 6.45) is 1.93. The van der Waals surface area contributed by atoms with Crippen LogP contribution in [0.3, 0.4) is 0 Å². The molecule has 0 saturated carbocycles. The van der Waals surface area contributed by atoms with Crippen LogP contribution in [0.2, 0.25) is 0 Å². The van der Waals surface area contributed by atoms with E-state index >= 15 is 0 Å². The Balaban J connectivity index is 0.00000512. The van der Waals surface area contributed by atoms with Gasteiger partial charge in [-0.15, -0.1) is 29.8 Å². The second-order valence-electron chi connectivity index (χ2n) is 18.7. The number of phenols is 1. The zero-order valence-corrected chi connectivity index (χ0v) is 37.8. The van der Waals surface area contributed by atoms with Gasteiger partial charge in [-0.2, -0.15) is 0 Å². The van der Waals surface area contributed by atoms with Gasteiger partial charge >= 0.3 is 0 Å². The average Bonchev–Trinajstić information content (AvgIpc) is 3.69. The number of phenolic OH excluding ortho intramolecular Hbond substituents is 1. The van der Waals surface area contributed by atoms with Crippen molar-refractivity contribution in [2.75, 3.05) is 0 Å². The molecule has 6 heteroatoms. The molecule has 0 spiro atoms. The summed E-state index contributed by atoms with van der Waals surface area (Å²) in [5, 5.41) is 11.9. The van der Waals surface area contributed by atoms with Crippen molar-refractivity contribution in [2.45, 2.75) is 85.5 Å². The fraction of sp³-hybridized carbons (Fsp3) is 0.269. The van der Waals surface area contributed by atoms with Crippen LogP contribution in [0.15, 0.2) is 115 Å². The van der Waals surface area contributed by atoms with Gasteiger partial charge in [0.25, 0.3) is 0 Å². The molecule has 8 rings (SSSR count). The largest absolute Gasteiger partial charge is 0.507 e. The molecule has 0 aliphatic heterocycles. The third-order valence-electron chi connectivity index (χ3n) is 11.3. The van der Waals surface area contributed by atoms with Gasteiger partial charge < -0.3 is 14.2 Å². The number of hydrogen-bond donors (Lipinski definition) is 1. The topological polar surface area (TPSA) is 55.9 Å². The molecule has 5 nitrogen and oxygen atoms in total. The molecule has 5 aromatic carbocycles. The second kappa shape index (κ2) is 14.8. The minimum atomic E-state index is -0.0475. The van der Waals surface area contributed by atoms with Crippen LogP contribution >= 0.6 is 0 Å². The van der Waals surface area contributed by atoms with Crippen molar-refractivity contribution in [1.82, 2.24) is 19.1 Å². The summed E-state index contributed by atoms with van der Waals surface area (Å²) in [5.74, 6) is 0.919. The van der Waals surface area contributed by atoms with Gasteiger partial charge in [0.2, 0.25) is 0 Å². The molecule has 0 atom stereocenters. The fourth-order valence-electron chi connectivity index (χ4n) is 7.93. The summed E-state index contributed by atoms with van der Waals surface area (Å²) in [5.41, 5.74) is 16.0. The number of pyridine rings is 1. The molecule has 1 N–H and O–H groups in total. The van der Waals surface area contributed by atoms with Crippen LogP contribution in [0.5, 0.6) is 5.75 Å². The molecule has 0 radical (unpaired) electrons. The van der Waals surface area contributed by atoms with Gasteiger partial charge in [-0.1, -0.05) is 110 Å². The molecule has 3 heterocycles. The second-order valence-corrected chi connectivity index (χ2v) is 18.7. The molecule has 0 unspecified atom stereocenters. The summed E-state index contributed by atoms with van der Waals surface area (Å²) in [4.78, 5) is 10.00. The SMILES string of the molecule is Cc1cc2cc(C(C)(C)C)cc(-c3ccnc(-c4[c-]c(-c5cccc6c5nc(-c5ccccc5O)n6C)ccc4)c3)c2n1-c1cc(C(C)(C)C)cc(C(C)(C)C)c1.[Pt]. The van der Waals surface area contributed by atoms with E-state index in [1.807, 2.05) is 36.0 Å². The van der Waals surface area contributed by atoms with E-state index in [2.05, 4.69) is 165 Å². The van der Waals surface area contributed by atoms with Gasteiger partial charge in [0.05, 0.1) is 22.1 Å². The van der Waals surface area contributed by atoms with Crippen molar-refractivity contribution in [3.63, 3.8) is 0 Å². The van der Waals surface area contributed by atoms with Crippen LogP contribution in [0, 0.1) is 13.0 Å². The molecule has 3 aromatic heterocycles. The van der Waals surface area contributed by atoms with Gasteiger partial charge in [0, 0.05) is 62.3 Å². The first-order valence-corrected chi connectivity index (χ1v) is 19.9. The molecule has 0 aliphatic rings. The summed E-state index contributed by atoms with van der Waals surface area (Å²) in [6.45, 7) is 22.9. The summed E-state index contributed by atoms with van der Waals surface area (Å²) >= 11 is 0. The van der Waals surface area contributed by atoms with E-state index in [9.17, 15) is 5.11 Å². The molecule has 58 heavy (non-hydrogen) atoms. The number of hydrogen-bond acceptors (Lipinski definition) is 3. The average molecular weight is 945 g/mol. The molecular formula is C52H53N4OPt-. The molecule has 0 saturated heterocycles. The van der Waals surface area contributed by atoms with Gasteiger partial charge in [-0.3, -0.25) is 4.98 Å². The Hall–Kier alpha value is -5.25. The number of fused-ring (bicyclic) bond motifs is 2.